The maximum Gasteiger partial charge on any atom is 0.100 e. The maximum atomic E-state index is 4.96. The van der Waals surface area contributed by atoms with Crippen LogP contribution in [-0.2, 0) is 0 Å². The van der Waals surface area contributed by atoms with Crippen molar-refractivity contribution in [1.82, 2.24) is 0 Å². The van der Waals surface area contributed by atoms with Crippen molar-refractivity contribution in [3.8, 4) is 0 Å². The van der Waals surface area contributed by atoms with Crippen molar-refractivity contribution < 1.29 is 0 Å². The van der Waals surface area contributed by atoms with E-state index in [1.807, 2.05) is 17.8 Å². The summed E-state index contributed by atoms with van der Waals surface area (Å²) in [5.74, 6) is 1.91. The van der Waals surface area contributed by atoms with E-state index in [9.17, 15) is 0 Å². The van der Waals surface area contributed by atoms with E-state index in [1.165, 1.54) is 36.2 Å². The molecule has 0 amide bonds. The summed E-state index contributed by atoms with van der Waals surface area (Å²) in [5, 5.41) is 3.37. The van der Waals surface area contributed by atoms with Gasteiger partial charge < -0.3 is 0 Å². The molecule has 27 heavy (non-hydrogen) atoms. The van der Waals surface area contributed by atoms with Gasteiger partial charge in [-0.2, -0.15) is 0 Å². The van der Waals surface area contributed by atoms with Crippen molar-refractivity contribution in [3.63, 3.8) is 0 Å². The Morgan fingerprint density at radius 3 is 2.30 bits per heavy atom. The van der Waals surface area contributed by atoms with Gasteiger partial charge in [0.05, 0.1) is 5.69 Å². The van der Waals surface area contributed by atoms with Crippen LogP contribution < -0.4 is 0 Å². The molecule has 1 atom stereocenters. The van der Waals surface area contributed by atoms with Gasteiger partial charge in [0.25, 0.3) is 0 Å². The van der Waals surface area contributed by atoms with Gasteiger partial charge in [-0.25, -0.2) is 4.99 Å². The molecule has 2 aromatic carbocycles. The standard InChI is InChI=1S/C24H31NS2/c1-4-6-13-21(5-2)19-27-24(25-22-14-9-7-10-15-22)20(3)18-26-23-16-11-8-12-17-23/h7-12,14-18,21H,4-6,13,19H2,1-3H3/b20-18+,25-24?. The number of para-hydroxylation sites is 1. The van der Waals surface area contributed by atoms with E-state index in [-0.39, 0.29) is 0 Å². The Labute approximate surface area is 173 Å². The van der Waals surface area contributed by atoms with E-state index in [0.717, 1.165) is 22.4 Å². The highest BCUT2D eigenvalue weighted by atomic mass is 32.2. The first kappa shape index (κ1) is 21.8. The Morgan fingerprint density at radius 1 is 1.00 bits per heavy atom. The van der Waals surface area contributed by atoms with Crippen LogP contribution in [0.5, 0.6) is 0 Å². The molecular formula is C24H31NS2. The lowest BCUT2D eigenvalue weighted by Gasteiger charge is -2.15. The average Bonchev–Trinajstić information content (AvgIpc) is 2.72. The molecule has 0 saturated heterocycles. The third kappa shape index (κ3) is 8.40. The normalized spacial score (nSPS) is 13.6. The lowest BCUT2D eigenvalue weighted by atomic mass is 10.0. The summed E-state index contributed by atoms with van der Waals surface area (Å²) in [6.07, 6.45) is 5.16. The zero-order chi connectivity index (χ0) is 19.3. The molecule has 0 spiro atoms. The minimum absolute atomic E-state index is 0.769. The molecular weight excluding hydrogens is 366 g/mol. The van der Waals surface area contributed by atoms with Gasteiger partial charge in [0, 0.05) is 10.6 Å². The molecule has 3 heteroatoms. The topological polar surface area (TPSA) is 12.4 Å². The van der Waals surface area contributed by atoms with Gasteiger partial charge in [-0.3, -0.25) is 0 Å². The number of aliphatic imine (C=N–C) groups is 1. The fourth-order valence-electron chi connectivity index (χ4n) is 2.65. The second-order valence-electron chi connectivity index (χ2n) is 6.71. The van der Waals surface area contributed by atoms with Crippen LogP contribution in [0.3, 0.4) is 0 Å². The van der Waals surface area contributed by atoms with Crippen LogP contribution in [0, 0.1) is 5.92 Å². The number of unbranched alkanes of at least 4 members (excludes halogenated alkanes) is 1. The van der Waals surface area contributed by atoms with Gasteiger partial charge in [-0.1, -0.05) is 81.3 Å². The summed E-state index contributed by atoms with van der Waals surface area (Å²) >= 11 is 3.68. The predicted molar refractivity (Wildman–Crippen MR) is 125 cm³/mol. The fraction of sp³-hybridized carbons (Fsp3) is 0.375. The number of rotatable bonds is 10. The van der Waals surface area contributed by atoms with Crippen LogP contribution in [0.2, 0.25) is 0 Å². The molecule has 0 bridgehead atoms. The summed E-state index contributed by atoms with van der Waals surface area (Å²) in [7, 11) is 0. The highest BCUT2D eigenvalue weighted by Crippen LogP contribution is 2.27. The molecule has 1 unspecified atom stereocenters. The van der Waals surface area contributed by atoms with Crippen molar-refractivity contribution in [1.29, 1.82) is 0 Å². The summed E-state index contributed by atoms with van der Waals surface area (Å²) in [5.41, 5.74) is 2.27. The third-order valence-electron chi connectivity index (χ3n) is 4.44. The number of thioether (sulfide) groups is 2. The molecule has 0 radical (unpaired) electrons. The molecule has 0 N–H and O–H groups in total. The van der Waals surface area contributed by atoms with Gasteiger partial charge >= 0.3 is 0 Å². The molecule has 2 aromatic rings. The van der Waals surface area contributed by atoms with Gasteiger partial charge in [0.2, 0.25) is 0 Å². The number of hydrogen-bond donors (Lipinski definition) is 0. The molecule has 0 aliphatic carbocycles. The van der Waals surface area contributed by atoms with Gasteiger partial charge in [-0.05, 0) is 54.5 Å². The second kappa shape index (κ2) is 12.9. The second-order valence-corrected chi connectivity index (χ2v) is 8.66. The molecule has 144 valence electrons. The molecule has 1 nitrogen and oxygen atoms in total. The largest absolute Gasteiger partial charge is 0.242 e. The lowest BCUT2D eigenvalue weighted by Crippen LogP contribution is -2.06. The Morgan fingerprint density at radius 2 is 1.67 bits per heavy atom. The van der Waals surface area contributed by atoms with Crippen molar-refractivity contribution in [2.75, 3.05) is 5.75 Å². The van der Waals surface area contributed by atoms with Crippen LogP contribution >= 0.6 is 23.5 Å². The summed E-state index contributed by atoms with van der Waals surface area (Å²) in [4.78, 5) is 6.21. The molecule has 0 aliphatic heterocycles. The first-order chi connectivity index (χ1) is 13.2. The zero-order valence-electron chi connectivity index (χ0n) is 16.7. The minimum Gasteiger partial charge on any atom is -0.242 e. The fourth-order valence-corrected chi connectivity index (χ4v) is 4.72. The highest BCUT2D eigenvalue weighted by Gasteiger charge is 2.11. The average molecular weight is 398 g/mol. The first-order valence-electron chi connectivity index (χ1n) is 9.88. The number of nitrogens with zero attached hydrogens (tertiary/aromatic N) is 1. The predicted octanol–water partition coefficient (Wildman–Crippen LogP) is 8.36. The molecule has 0 heterocycles. The Bertz CT molecular complexity index is 708. The Balaban J connectivity index is 2.12. The van der Waals surface area contributed by atoms with Crippen molar-refractivity contribution >= 4 is 34.3 Å². The third-order valence-corrected chi connectivity index (χ3v) is 6.78. The Kier molecular flexibility index (Phi) is 10.4. The van der Waals surface area contributed by atoms with Crippen molar-refractivity contribution in [3.05, 3.63) is 71.6 Å². The summed E-state index contributed by atoms with van der Waals surface area (Å²) in [6.45, 7) is 6.76. The first-order valence-corrected chi connectivity index (χ1v) is 11.7. The van der Waals surface area contributed by atoms with Crippen LogP contribution in [0.15, 0.2) is 81.5 Å². The highest BCUT2D eigenvalue weighted by molar-refractivity contribution is 8.14. The Hall–Kier alpha value is -1.45. The maximum absolute atomic E-state index is 4.96. The SMILES string of the molecule is CCCCC(CC)CSC(=Nc1ccccc1)/C(C)=C/Sc1ccccc1. The van der Waals surface area contributed by atoms with Crippen molar-refractivity contribution in [2.24, 2.45) is 10.9 Å². The van der Waals surface area contributed by atoms with Crippen LogP contribution in [0.1, 0.15) is 46.5 Å². The van der Waals surface area contributed by atoms with Crippen LogP contribution in [0.25, 0.3) is 0 Å². The smallest absolute Gasteiger partial charge is 0.100 e. The summed E-state index contributed by atoms with van der Waals surface area (Å²) < 4.78 is 0. The summed E-state index contributed by atoms with van der Waals surface area (Å²) in [6, 6.07) is 20.8. The quantitative estimate of drug-likeness (QED) is 0.227. The van der Waals surface area contributed by atoms with Crippen molar-refractivity contribution in [2.45, 2.75) is 51.3 Å². The van der Waals surface area contributed by atoms with E-state index in [2.05, 4.69) is 80.8 Å². The van der Waals surface area contributed by atoms with Gasteiger partial charge in [0.1, 0.15) is 5.04 Å². The number of benzene rings is 2. The minimum atomic E-state index is 0.769. The van der Waals surface area contributed by atoms with E-state index in [0.29, 0.717) is 0 Å². The van der Waals surface area contributed by atoms with Crippen LogP contribution in [0.4, 0.5) is 5.69 Å². The van der Waals surface area contributed by atoms with E-state index in [1.54, 1.807) is 11.8 Å². The van der Waals surface area contributed by atoms with Crippen LogP contribution in [-0.4, -0.2) is 10.8 Å². The van der Waals surface area contributed by atoms with Gasteiger partial charge in [0.15, 0.2) is 0 Å². The van der Waals surface area contributed by atoms with E-state index >= 15 is 0 Å². The molecule has 0 aliphatic rings. The van der Waals surface area contributed by atoms with Gasteiger partial charge in [-0.15, -0.1) is 11.8 Å². The monoisotopic (exact) mass is 397 g/mol. The zero-order valence-corrected chi connectivity index (χ0v) is 18.4. The molecule has 0 fully saturated rings. The molecule has 0 aromatic heterocycles. The molecule has 2 rings (SSSR count). The van der Waals surface area contributed by atoms with E-state index < -0.39 is 0 Å². The molecule has 0 saturated carbocycles. The number of hydrogen-bond acceptors (Lipinski definition) is 3. The van der Waals surface area contributed by atoms with E-state index in [4.69, 9.17) is 4.99 Å². The lowest BCUT2D eigenvalue weighted by molar-refractivity contribution is 0.500.